The van der Waals surface area contributed by atoms with E-state index in [1.807, 2.05) is 6.07 Å². The molecule has 3 rings (SSSR count). The van der Waals surface area contributed by atoms with Crippen LogP contribution in [0.25, 0.3) is 0 Å². The molecule has 2 fully saturated rings. The molecule has 84 valence electrons. The Bertz CT molecular complexity index is 212. The molecule has 0 atom stereocenters. The maximum absolute atomic E-state index is 8.63. The minimum atomic E-state index is 0.322. The summed E-state index contributed by atoms with van der Waals surface area (Å²) in [6, 6.07) is 8.71. The van der Waals surface area contributed by atoms with Crippen molar-refractivity contribution in [3.8, 4) is 5.75 Å². The first-order valence-electron chi connectivity index (χ1n) is 5.29. The zero-order chi connectivity index (χ0) is 10.8. The Kier molecular flexibility index (Phi) is 6.62. The third kappa shape index (κ3) is 6.94. The monoisotopic (exact) mass is 210 g/mol. The summed E-state index contributed by atoms with van der Waals surface area (Å²) in [4.78, 5) is 0. The second kappa shape index (κ2) is 8.26. The van der Waals surface area contributed by atoms with Gasteiger partial charge >= 0.3 is 0 Å². The predicted molar refractivity (Wildman–Crippen MR) is 59.0 cm³/mol. The molecule has 2 aliphatic rings. The Balaban J connectivity index is 0.000000120. The van der Waals surface area contributed by atoms with Gasteiger partial charge in [0, 0.05) is 26.4 Å². The van der Waals surface area contributed by atoms with Crippen molar-refractivity contribution in [3.63, 3.8) is 0 Å². The van der Waals surface area contributed by atoms with Crippen molar-refractivity contribution in [1.82, 2.24) is 0 Å². The van der Waals surface area contributed by atoms with Crippen molar-refractivity contribution in [3.05, 3.63) is 30.3 Å². The summed E-state index contributed by atoms with van der Waals surface area (Å²) in [5.41, 5.74) is 0. The average Bonchev–Trinajstić information content (AvgIpc) is 1.98. The third-order valence-corrected chi connectivity index (χ3v) is 1.91. The van der Waals surface area contributed by atoms with Gasteiger partial charge in [0.05, 0.1) is 0 Å². The Morgan fingerprint density at radius 1 is 0.800 bits per heavy atom. The summed E-state index contributed by atoms with van der Waals surface area (Å²) in [6.07, 6.45) is 2.56. The molecule has 1 N–H and O–H groups in total. The van der Waals surface area contributed by atoms with E-state index in [0.717, 1.165) is 26.4 Å². The van der Waals surface area contributed by atoms with Crippen LogP contribution in [-0.2, 0) is 9.47 Å². The molecular weight excluding hydrogens is 192 g/mol. The van der Waals surface area contributed by atoms with E-state index in [2.05, 4.69) is 0 Å². The Hall–Kier alpha value is -1.06. The molecule has 2 heterocycles. The topological polar surface area (TPSA) is 38.7 Å². The molecule has 1 aromatic carbocycles. The van der Waals surface area contributed by atoms with Crippen LogP contribution in [0.3, 0.4) is 0 Å². The van der Waals surface area contributed by atoms with Crippen molar-refractivity contribution in [2.75, 3.05) is 26.4 Å². The van der Waals surface area contributed by atoms with E-state index in [9.17, 15) is 0 Å². The number of aromatic hydroxyl groups is 1. The average molecular weight is 210 g/mol. The lowest BCUT2D eigenvalue weighted by atomic mass is 10.3. The molecular formula is C12H18O3. The van der Waals surface area contributed by atoms with Crippen LogP contribution in [0.15, 0.2) is 30.3 Å². The van der Waals surface area contributed by atoms with Crippen LogP contribution in [0.2, 0.25) is 0 Å². The fourth-order valence-electron chi connectivity index (χ4n) is 0.717. The number of hydrogen-bond donors (Lipinski definition) is 1. The maximum Gasteiger partial charge on any atom is 0.115 e. The van der Waals surface area contributed by atoms with E-state index >= 15 is 0 Å². The molecule has 15 heavy (non-hydrogen) atoms. The summed E-state index contributed by atoms with van der Waals surface area (Å²) < 4.78 is 9.44. The third-order valence-electron chi connectivity index (χ3n) is 1.91. The zero-order valence-electron chi connectivity index (χ0n) is 8.89. The van der Waals surface area contributed by atoms with Crippen LogP contribution < -0.4 is 0 Å². The van der Waals surface area contributed by atoms with Crippen LogP contribution in [-0.4, -0.2) is 31.5 Å². The van der Waals surface area contributed by atoms with Crippen LogP contribution in [0, 0.1) is 0 Å². The van der Waals surface area contributed by atoms with Gasteiger partial charge in [-0.15, -0.1) is 0 Å². The van der Waals surface area contributed by atoms with E-state index in [0.29, 0.717) is 5.75 Å². The molecule has 3 heteroatoms. The first kappa shape index (κ1) is 12.0. The predicted octanol–water partition coefficient (Wildman–Crippen LogP) is 2.21. The molecule has 0 aliphatic carbocycles. The van der Waals surface area contributed by atoms with Gasteiger partial charge in [0.15, 0.2) is 0 Å². The normalized spacial score (nSPS) is 16.8. The van der Waals surface area contributed by atoms with E-state index in [-0.39, 0.29) is 0 Å². The molecule has 2 aliphatic heterocycles. The number of ether oxygens (including phenoxy) is 2. The van der Waals surface area contributed by atoms with E-state index in [1.165, 1.54) is 12.8 Å². The van der Waals surface area contributed by atoms with Gasteiger partial charge in [-0.1, -0.05) is 18.2 Å². The van der Waals surface area contributed by atoms with Gasteiger partial charge in [-0.3, -0.25) is 0 Å². The van der Waals surface area contributed by atoms with Crippen LogP contribution >= 0.6 is 0 Å². The summed E-state index contributed by atoms with van der Waals surface area (Å²) >= 11 is 0. The molecule has 0 amide bonds. The van der Waals surface area contributed by atoms with Crippen molar-refractivity contribution >= 4 is 0 Å². The van der Waals surface area contributed by atoms with Crippen LogP contribution in [0.1, 0.15) is 12.8 Å². The number of benzene rings is 1. The van der Waals surface area contributed by atoms with Gasteiger partial charge in [0.2, 0.25) is 0 Å². The lowest BCUT2D eigenvalue weighted by Gasteiger charge is -2.09. The van der Waals surface area contributed by atoms with Crippen molar-refractivity contribution in [1.29, 1.82) is 0 Å². The number of para-hydroxylation sites is 1. The fourth-order valence-corrected chi connectivity index (χ4v) is 0.717. The molecule has 0 radical (unpaired) electrons. The van der Waals surface area contributed by atoms with Gasteiger partial charge in [0.1, 0.15) is 5.75 Å². The summed E-state index contributed by atoms with van der Waals surface area (Å²) in [7, 11) is 0. The lowest BCUT2D eigenvalue weighted by molar-refractivity contribution is 0.0366. The first-order chi connectivity index (χ1) is 7.39. The molecule has 3 nitrogen and oxygen atoms in total. The molecule has 0 unspecified atom stereocenters. The lowest BCUT2D eigenvalue weighted by Crippen LogP contribution is -2.09. The minimum Gasteiger partial charge on any atom is -0.508 e. The SMILES string of the molecule is C1COC1.C1COC1.Oc1ccccc1. The molecule has 1 aromatic rings. The van der Waals surface area contributed by atoms with Gasteiger partial charge in [-0.2, -0.15) is 0 Å². The molecule has 0 saturated carbocycles. The molecule has 0 aromatic heterocycles. The van der Waals surface area contributed by atoms with E-state index in [4.69, 9.17) is 14.6 Å². The standard InChI is InChI=1S/C6H6O.2C3H6O/c7-6-4-2-1-3-5-6;2*1-2-4-3-1/h1-5,7H;2*1-3H2. The fraction of sp³-hybridized carbons (Fsp3) is 0.500. The zero-order valence-corrected chi connectivity index (χ0v) is 8.89. The Labute approximate surface area is 90.6 Å². The first-order valence-corrected chi connectivity index (χ1v) is 5.29. The smallest absolute Gasteiger partial charge is 0.115 e. The second-order valence-corrected chi connectivity index (χ2v) is 3.27. The minimum absolute atomic E-state index is 0.322. The molecule has 0 bridgehead atoms. The second-order valence-electron chi connectivity index (χ2n) is 3.27. The molecule has 2 saturated heterocycles. The van der Waals surface area contributed by atoms with Crippen molar-refractivity contribution in [2.45, 2.75) is 12.8 Å². The maximum atomic E-state index is 8.63. The van der Waals surface area contributed by atoms with Gasteiger partial charge in [0.25, 0.3) is 0 Å². The van der Waals surface area contributed by atoms with Crippen LogP contribution in [0.4, 0.5) is 0 Å². The van der Waals surface area contributed by atoms with Gasteiger partial charge < -0.3 is 14.6 Å². The molecule has 0 spiro atoms. The number of hydrogen-bond acceptors (Lipinski definition) is 3. The Morgan fingerprint density at radius 2 is 1.13 bits per heavy atom. The summed E-state index contributed by atoms with van der Waals surface area (Å²) in [6.45, 7) is 4.00. The summed E-state index contributed by atoms with van der Waals surface area (Å²) in [5, 5.41) is 8.63. The highest BCUT2D eigenvalue weighted by Gasteiger charge is 1.94. The van der Waals surface area contributed by atoms with Crippen molar-refractivity contribution in [2.24, 2.45) is 0 Å². The highest BCUT2D eigenvalue weighted by molar-refractivity contribution is 5.18. The van der Waals surface area contributed by atoms with Gasteiger partial charge in [-0.05, 0) is 25.0 Å². The highest BCUT2D eigenvalue weighted by Crippen LogP contribution is 2.02. The number of phenols is 1. The van der Waals surface area contributed by atoms with E-state index < -0.39 is 0 Å². The largest absolute Gasteiger partial charge is 0.508 e. The summed E-state index contributed by atoms with van der Waals surface area (Å²) in [5.74, 6) is 0.322. The van der Waals surface area contributed by atoms with E-state index in [1.54, 1.807) is 24.3 Å². The Morgan fingerprint density at radius 3 is 1.27 bits per heavy atom. The quantitative estimate of drug-likeness (QED) is 0.713. The number of phenolic OH excluding ortho intramolecular Hbond substituents is 1. The van der Waals surface area contributed by atoms with Gasteiger partial charge in [-0.25, -0.2) is 0 Å². The number of rotatable bonds is 0. The highest BCUT2D eigenvalue weighted by atomic mass is 16.5. The van der Waals surface area contributed by atoms with Crippen LogP contribution in [0.5, 0.6) is 5.75 Å². The van der Waals surface area contributed by atoms with Crippen molar-refractivity contribution < 1.29 is 14.6 Å².